The maximum absolute atomic E-state index is 12.9. The number of aryl methyl sites for hydroxylation is 2. The molecule has 0 spiro atoms. The summed E-state index contributed by atoms with van der Waals surface area (Å²) in [6.07, 6.45) is 2.14. The van der Waals surface area contributed by atoms with Crippen molar-refractivity contribution in [2.75, 3.05) is 7.11 Å². The molecule has 9 heteroatoms. The van der Waals surface area contributed by atoms with Crippen LogP contribution in [0.1, 0.15) is 27.4 Å². The fourth-order valence-corrected chi connectivity index (χ4v) is 3.80. The number of nitrogens with one attached hydrogen (secondary N) is 3. The number of ether oxygens (including phenoxy) is 1. The van der Waals surface area contributed by atoms with Crippen LogP contribution in [0, 0.1) is 13.8 Å². The van der Waals surface area contributed by atoms with E-state index in [1.165, 1.54) is 7.11 Å². The summed E-state index contributed by atoms with van der Waals surface area (Å²) in [4.78, 5) is 28.4. The summed E-state index contributed by atoms with van der Waals surface area (Å²) in [5.74, 6) is -0.953. The van der Waals surface area contributed by atoms with Crippen LogP contribution in [-0.4, -0.2) is 50.0 Å². The lowest BCUT2D eigenvalue weighted by Crippen LogP contribution is -2.43. The van der Waals surface area contributed by atoms with Crippen molar-refractivity contribution in [2.24, 2.45) is 7.05 Å². The van der Waals surface area contributed by atoms with E-state index in [9.17, 15) is 9.59 Å². The van der Waals surface area contributed by atoms with Gasteiger partial charge in [-0.05, 0) is 31.5 Å². The van der Waals surface area contributed by atoms with Gasteiger partial charge in [-0.15, -0.1) is 0 Å². The Kier molecular flexibility index (Phi) is 5.33. The number of nitrogens with zero attached hydrogens (tertiary/aromatic N) is 3. The third-order valence-corrected chi connectivity index (χ3v) is 5.48. The van der Waals surface area contributed by atoms with Crippen molar-refractivity contribution in [3.8, 4) is 11.3 Å². The van der Waals surface area contributed by atoms with Crippen LogP contribution < -0.4 is 5.32 Å². The number of aromatic nitrogens is 5. The summed E-state index contributed by atoms with van der Waals surface area (Å²) < 4.78 is 6.69. The summed E-state index contributed by atoms with van der Waals surface area (Å²) in [7, 11) is 3.16. The van der Waals surface area contributed by atoms with Gasteiger partial charge in [-0.2, -0.15) is 10.2 Å². The summed E-state index contributed by atoms with van der Waals surface area (Å²) in [6, 6.07) is 8.61. The molecule has 1 amide bonds. The number of esters is 1. The Morgan fingerprint density at radius 2 is 2.03 bits per heavy atom. The SMILES string of the molecule is COC(=O)C(Cc1c[nH]c2ccccc12)NC(=O)c1cc(-c2c(C)nn(C)c2C)n[nH]1. The van der Waals surface area contributed by atoms with E-state index in [0.29, 0.717) is 12.1 Å². The maximum Gasteiger partial charge on any atom is 0.328 e. The molecule has 9 nitrogen and oxygen atoms in total. The molecule has 1 atom stereocenters. The minimum absolute atomic E-state index is 0.255. The number of rotatable bonds is 6. The number of H-pyrrole nitrogens is 2. The normalized spacial score (nSPS) is 12.1. The van der Waals surface area contributed by atoms with Crippen molar-refractivity contribution in [1.82, 2.24) is 30.3 Å². The molecular formula is C22H24N6O3. The van der Waals surface area contributed by atoms with Crippen LogP contribution >= 0.6 is 0 Å². The number of para-hydroxylation sites is 1. The highest BCUT2D eigenvalue weighted by Gasteiger charge is 2.25. The van der Waals surface area contributed by atoms with Crippen LogP contribution in [0.3, 0.4) is 0 Å². The quantitative estimate of drug-likeness (QED) is 0.414. The lowest BCUT2D eigenvalue weighted by atomic mass is 10.0. The van der Waals surface area contributed by atoms with E-state index in [2.05, 4.69) is 25.6 Å². The van der Waals surface area contributed by atoms with Crippen molar-refractivity contribution >= 4 is 22.8 Å². The number of hydrogen-bond donors (Lipinski definition) is 3. The highest BCUT2D eigenvalue weighted by Crippen LogP contribution is 2.25. The number of methoxy groups -OCH3 is 1. The Labute approximate surface area is 178 Å². The molecule has 3 aromatic heterocycles. The molecule has 1 aromatic carbocycles. The Morgan fingerprint density at radius 1 is 1.26 bits per heavy atom. The molecule has 0 aliphatic rings. The van der Waals surface area contributed by atoms with E-state index in [1.54, 1.807) is 10.7 Å². The van der Waals surface area contributed by atoms with E-state index in [4.69, 9.17) is 4.74 Å². The first-order chi connectivity index (χ1) is 14.9. The summed E-state index contributed by atoms with van der Waals surface area (Å²) in [5.41, 5.74) is 5.41. The molecule has 3 N–H and O–H groups in total. The van der Waals surface area contributed by atoms with E-state index < -0.39 is 17.9 Å². The first kappa shape index (κ1) is 20.4. The molecule has 31 heavy (non-hydrogen) atoms. The Morgan fingerprint density at radius 3 is 2.74 bits per heavy atom. The summed E-state index contributed by atoms with van der Waals surface area (Å²) >= 11 is 0. The molecule has 0 aliphatic carbocycles. The lowest BCUT2D eigenvalue weighted by molar-refractivity contribution is -0.142. The van der Waals surface area contributed by atoms with Crippen molar-refractivity contribution < 1.29 is 14.3 Å². The lowest BCUT2D eigenvalue weighted by Gasteiger charge is -2.15. The number of carbonyl (C=O) groups excluding carboxylic acids is 2. The molecule has 4 rings (SSSR count). The maximum atomic E-state index is 12.9. The molecule has 0 aliphatic heterocycles. The zero-order valence-corrected chi connectivity index (χ0v) is 17.8. The van der Waals surface area contributed by atoms with Gasteiger partial charge in [-0.25, -0.2) is 4.79 Å². The van der Waals surface area contributed by atoms with Gasteiger partial charge in [0, 0.05) is 41.8 Å². The second-order valence-electron chi connectivity index (χ2n) is 7.45. The van der Waals surface area contributed by atoms with Gasteiger partial charge in [0.2, 0.25) is 0 Å². The van der Waals surface area contributed by atoms with Crippen LogP contribution in [-0.2, 0) is 23.0 Å². The molecule has 160 valence electrons. The number of amides is 1. The molecule has 4 aromatic rings. The Hall–Kier alpha value is -3.88. The first-order valence-corrected chi connectivity index (χ1v) is 9.88. The van der Waals surface area contributed by atoms with Crippen LogP contribution in [0.4, 0.5) is 0 Å². The minimum atomic E-state index is -0.842. The monoisotopic (exact) mass is 420 g/mol. The van der Waals surface area contributed by atoms with Crippen LogP contribution in [0.25, 0.3) is 22.2 Å². The molecule has 1 unspecified atom stereocenters. The second-order valence-corrected chi connectivity index (χ2v) is 7.45. The number of benzene rings is 1. The zero-order chi connectivity index (χ0) is 22.1. The molecular weight excluding hydrogens is 396 g/mol. The van der Waals surface area contributed by atoms with E-state index in [1.807, 2.05) is 51.4 Å². The molecule has 0 fully saturated rings. The van der Waals surface area contributed by atoms with Crippen molar-refractivity contribution in [3.05, 3.63) is 59.2 Å². The fraction of sp³-hybridized carbons (Fsp3) is 0.273. The fourth-order valence-electron chi connectivity index (χ4n) is 3.80. The first-order valence-electron chi connectivity index (χ1n) is 9.88. The van der Waals surface area contributed by atoms with Gasteiger partial charge in [0.1, 0.15) is 11.7 Å². The van der Waals surface area contributed by atoms with E-state index in [-0.39, 0.29) is 5.69 Å². The number of fused-ring (bicyclic) bond motifs is 1. The molecule has 0 bridgehead atoms. The molecule has 0 saturated carbocycles. The molecule has 3 heterocycles. The van der Waals surface area contributed by atoms with Crippen molar-refractivity contribution in [3.63, 3.8) is 0 Å². The van der Waals surface area contributed by atoms with Gasteiger partial charge in [-0.3, -0.25) is 14.6 Å². The largest absolute Gasteiger partial charge is 0.467 e. The summed E-state index contributed by atoms with van der Waals surface area (Å²) in [5, 5.41) is 15.2. The Bertz CT molecular complexity index is 1270. The van der Waals surface area contributed by atoms with Gasteiger partial charge in [0.25, 0.3) is 5.91 Å². The van der Waals surface area contributed by atoms with Gasteiger partial charge < -0.3 is 15.0 Å². The third-order valence-electron chi connectivity index (χ3n) is 5.48. The average molecular weight is 420 g/mol. The van der Waals surface area contributed by atoms with Gasteiger partial charge in [0.15, 0.2) is 0 Å². The van der Waals surface area contributed by atoms with E-state index in [0.717, 1.165) is 33.4 Å². The predicted molar refractivity (Wildman–Crippen MR) is 116 cm³/mol. The predicted octanol–water partition coefficient (Wildman–Crippen LogP) is 2.42. The molecule has 0 radical (unpaired) electrons. The second kappa shape index (κ2) is 8.10. The number of aromatic amines is 2. The zero-order valence-electron chi connectivity index (χ0n) is 17.8. The standard InChI is InChI=1S/C22H24N6O3/c1-12-20(13(2)28(3)27-12)17-10-18(26-25-17)21(29)24-19(22(30)31-4)9-14-11-23-16-8-6-5-7-15(14)16/h5-8,10-11,19,23H,9H2,1-4H3,(H,24,29)(H,25,26). The average Bonchev–Trinajstić information content (AvgIpc) is 3.46. The van der Waals surface area contributed by atoms with Gasteiger partial charge in [-0.1, -0.05) is 18.2 Å². The van der Waals surface area contributed by atoms with E-state index >= 15 is 0 Å². The van der Waals surface area contributed by atoms with Crippen LogP contribution in [0.2, 0.25) is 0 Å². The highest BCUT2D eigenvalue weighted by molar-refractivity contribution is 5.96. The van der Waals surface area contributed by atoms with Gasteiger partial charge >= 0.3 is 5.97 Å². The van der Waals surface area contributed by atoms with Crippen molar-refractivity contribution in [1.29, 1.82) is 0 Å². The smallest absolute Gasteiger partial charge is 0.328 e. The van der Waals surface area contributed by atoms with Gasteiger partial charge in [0.05, 0.1) is 18.5 Å². The van der Waals surface area contributed by atoms with Crippen LogP contribution in [0.5, 0.6) is 0 Å². The number of hydrogen-bond acceptors (Lipinski definition) is 5. The Balaban J connectivity index is 1.56. The summed E-state index contributed by atoms with van der Waals surface area (Å²) in [6.45, 7) is 3.84. The highest BCUT2D eigenvalue weighted by atomic mass is 16.5. The van der Waals surface area contributed by atoms with Crippen molar-refractivity contribution in [2.45, 2.75) is 26.3 Å². The third kappa shape index (κ3) is 3.81. The minimum Gasteiger partial charge on any atom is -0.467 e. The topological polar surface area (TPSA) is 118 Å². The van der Waals surface area contributed by atoms with Crippen LogP contribution in [0.15, 0.2) is 36.5 Å². The number of carbonyl (C=O) groups is 2. The molecule has 0 saturated heterocycles.